The first-order valence-electron chi connectivity index (χ1n) is 3.45. The predicted octanol–water partition coefficient (Wildman–Crippen LogP) is 3.37. The average Bonchev–Trinajstić information content (AvgIpc) is 2.46. The second kappa shape index (κ2) is 2.54. The van der Waals surface area contributed by atoms with Crippen LogP contribution in [0.1, 0.15) is 0 Å². The lowest BCUT2D eigenvalue weighted by Crippen LogP contribution is -1.66. The van der Waals surface area contributed by atoms with E-state index in [1.165, 1.54) is 0 Å². The van der Waals surface area contributed by atoms with Gasteiger partial charge in [-0.25, -0.2) is 0 Å². The van der Waals surface area contributed by atoms with Gasteiger partial charge < -0.3 is 9.83 Å². The van der Waals surface area contributed by atoms with Crippen molar-refractivity contribution in [2.75, 3.05) is 0 Å². The van der Waals surface area contributed by atoms with Gasteiger partial charge in [0.25, 0.3) is 0 Å². The normalized spacial score (nSPS) is 10.0. The summed E-state index contributed by atoms with van der Waals surface area (Å²) in [6.07, 6.45) is 0. The van der Waals surface area contributed by atoms with E-state index in [1.807, 2.05) is 18.2 Å². The maximum absolute atomic E-state index is 6.79. The molecule has 0 bridgehead atoms. The van der Waals surface area contributed by atoms with E-state index in [4.69, 9.17) is 18.2 Å². The number of aromatic amines is 1. The minimum absolute atomic E-state index is 0.548. The third-order valence-corrected chi connectivity index (χ3v) is 1.93. The molecule has 0 spiro atoms. The largest absolute Gasteiger partial charge is 0.364 e. The van der Waals surface area contributed by atoms with E-state index in [0.717, 1.165) is 10.9 Å². The first kappa shape index (κ1) is 7.20. The van der Waals surface area contributed by atoms with Crippen molar-refractivity contribution in [1.29, 1.82) is 0 Å². The molecule has 0 saturated heterocycles. The van der Waals surface area contributed by atoms with Gasteiger partial charge in [0.2, 0.25) is 5.82 Å². The first-order valence-corrected chi connectivity index (χ1v) is 3.83. The Kier molecular flexibility index (Phi) is 1.53. The maximum atomic E-state index is 6.79. The Morgan fingerprint density at radius 3 is 2.92 bits per heavy atom. The van der Waals surface area contributed by atoms with Crippen molar-refractivity contribution < 1.29 is 0 Å². The summed E-state index contributed by atoms with van der Waals surface area (Å²) in [7, 11) is 0. The Bertz CT molecular complexity index is 465. The standard InChI is InChI=1S/C9H5ClN2/c1-11-9-4-6-2-3-7(10)5-8(6)12-9/h2-5,12H. The number of fused-ring (bicyclic) bond motifs is 1. The highest BCUT2D eigenvalue weighted by Crippen LogP contribution is 2.23. The summed E-state index contributed by atoms with van der Waals surface area (Å²) in [5.41, 5.74) is 0.911. The average molecular weight is 177 g/mol. The quantitative estimate of drug-likeness (QED) is 0.594. The van der Waals surface area contributed by atoms with E-state index in [2.05, 4.69) is 9.83 Å². The van der Waals surface area contributed by atoms with Gasteiger partial charge in [0, 0.05) is 16.5 Å². The zero-order valence-corrected chi connectivity index (χ0v) is 6.89. The minimum atomic E-state index is 0.548. The fourth-order valence-corrected chi connectivity index (χ4v) is 1.32. The smallest absolute Gasteiger partial charge is 0.229 e. The van der Waals surface area contributed by atoms with Gasteiger partial charge in [0.05, 0.1) is 0 Å². The maximum Gasteiger partial charge on any atom is 0.229 e. The number of nitrogens with one attached hydrogen (secondary N) is 1. The lowest BCUT2D eigenvalue weighted by atomic mass is 10.2. The lowest BCUT2D eigenvalue weighted by Gasteiger charge is -1.86. The van der Waals surface area contributed by atoms with Gasteiger partial charge in [-0.2, -0.15) is 0 Å². The molecule has 58 valence electrons. The molecule has 0 radical (unpaired) electrons. The van der Waals surface area contributed by atoms with Crippen LogP contribution in [0.5, 0.6) is 0 Å². The zero-order valence-electron chi connectivity index (χ0n) is 6.13. The monoisotopic (exact) mass is 176 g/mol. The van der Waals surface area contributed by atoms with E-state index in [-0.39, 0.29) is 0 Å². The molecule has 2 aromatic rings. The topological polar surface area (TPSA) is 20.1 Å². The number of aromatic nitrogens is 1. The highest BCUT2D eigenvalue weighted by molar-refractivity contribution is 6.31. The number of benzene rings is 1. The van der Waals surface area contributed by atoms with Gasteiger partial charge >= 0.3 is 0 Å². The van der Waals surface area contributed by atoms with Gasteiger partial charge in [0.15, 0.2) is 0 Å². The van der Waals surface area contributed by atoms with Crippen LogP contribution in [0.15, 0.2) is 24.3 Å². The van der Waals surface area contributed by atoms with Crippen molar-refractivity contribution in [2.45, 2.75) is 0 Å². The first-order chi connectivity index (χ1) is 5.79. The van der Waals surface area contributed by atoms with Crippen LogP contribution in [0.3, 0.4) is 0 Å². The second-order valence-corrected chi connectivity index (χ2v) is 2.93. The number of nitrogens with zero attached hydrogens (tertiary/aromatic N) is 1. The van der Waals surface area contributed by atoms with E-state index >= 15 is 0 Å². The Balaban J connectivity index is 2.77. The van der Waals surface area contributed by atoms with Crippen LogP contribution in [0.25, 0.3) is 15.7 Å². The summed E-state index contributed by atoms with van der Waals surface area (Å²) in [4.78, 5) is 6.24. The summed E-state index contributed by atoms with van der Waals surface area (Å²) in [5.74, 6) is 0.548. The summed E-state index contributed by atoms with van der Waals surface area (Å²) in [6.45, 7) is 6.79. The van der Waals surface area contributed by atoms with Gasteiger partial charge in [-0.3, -0.25) is 0 Å². The molecule has 0 aliphatic rings. The zero-order chi connectivity index (χ0) is 8.55. The molecule has 1 aromatic carbocycles. The van der Waals surface area contributed by atoms with Crippen molar-refractivity contribution in [3.05, 3.63) is 40.7 Å². The Labute approximate surface area is 74.6 Å². The lowest BCUT2D eigenvalue weighted by molar-refractivity contribution is 1.50. The van der Waals surface area contributed by atoms with Crippen molar-refractivity contribution in [2.24, 2.45) is 0 Å². The third-order valence-electron chi connectivity index (χ3n) is 1.69. The van der Waals surface area contributed by atoms with Crippen LogP contribution in [-0.4, -0.2) is 4.98 Å². The van der Waals surface area contributed by atoms with Gasteiger partial charge in [-0.1, -0.05) is 24.2 Å². The number of H-pyrrole nitrogens is 1. The molecule has 2 nitrogen and oxygen atoms in total. The van der Waals surface area contributed by atoms with Crippen molar-refractivity contribution in [1.82, 2.24) is 4.98 Å². The van der Waals surface area contributed by atoms with Gasteiger partial charge in [-0.15, -0.1) is 0 Å². The highest BCUT2D eigenvalue weighted by atomic mass is 35.5. The van der Waals surface area contributed by atoms with Crippen molar-refractivity contribution >= 4 is 28.3 Å². The Morgan fingerprint density at radius 2 is 2.17 bits per heavy atom. The summed E-state index contributed by atoms with van der Waals surface area (Å²) in [5, 5.41) is 1.70. The number of hydrogen-bond donors (Lipinski definition) is 1. The fraction of sp³-hybridized carbons (Fsp3) is 0. The summed E-state index contributed by atoms with van der Waals surface area (Å²) < 4.78 is 0. The molecule has 1 heterocycles. The molecule has 0 aliphatic heterocycles. The van der Waals surface area contributed by atoms with Gasteiger partial charge in [-0.05, 0) is 12.1 Å². The molecular weight excluding hydrogens is 172 g/mol. The predicted molar refractivity (Wildman–Crippen MR) is 49.6 cm³/mol. The van der Waals surface area contributed by atoms with E-state index < -0.39 is 0 Å². The molecule has 2 rings (SSSR count). The molecule has 0 atom stereocenters. The summed E-state index contributed by atoms with van der Waals surface area (Å²) >= 11 is 5.77. The second-order valence-electron chi connectivity index (χ2n) is 2.50. The molecule has 0 unspecified atom stereocenters. The van der Waals surface area contributed by atoms with Crippen molar-refractivity contribution in [3.8, 4) is 0 Å². The van der Waals surface area contributed by atoms with Crippen LogP contribution < -0.4 is 0 Å². The van der Waals surface area contributed by atoms with Gasteiger partial charge in [0.1, 0.15) is 5.52 Å². The summed E-state index contributed by atoms with van der Waals surface area (Å²) in [6, 6.07) is 7.32. The molecule has 0 fully saturated rings. The van der Waals surface area contributed by atoms with Crippen LogP contribution in [0, 0.1) is 6.57 Å². The van der Waals surface area contributed by atoms with E-state index in [1.54, 1.807) is 6.07 Å². The fourth-order valence-electron chi connectivity index (χ4n) is 1.14. The van der Waals surface area contributed by atoms with E-state index in [9.17, 15) is 0 Å². The molecule has 3 heteroatoms. The SMILES string of the molecule is [C-]#[N+]c1cc2ccc(Cl)cc2[nH]1. The van der Waals surface area contributed by atoms with Crippen LogP contribution >= 0.6 is 11.6 Å². The van der Waals surface area contributed by atoms with Crippen LogP contribution in [0.2, 0.25) is 5.02 Å². The molecule has 0 saturated carbocycles. The third kappa shape index (κ3) is 1.05. The van der Waals surface area contributed by atoms with E-state index in [0.29, 0.717) is 10.8 Å². The molecule has 1 N–H and O–H groups in total. The molecule has 0 amide bonds. The molecule has 0 aliphatic carbocycles. The van der Waals surface area contributed by atoms with Crippen LogP contribution in [0.4, 0.5) is 5.82 Å². The molecule has 1 aromatic heterocycles. The number of rotatable bonds is 0. The number of halogens is 1. The van der Waals surface area contributed by atoms with Crippen molar-refractivity contribution in [3.63, 3.8) is 0 Å². The Morgan fingerprint density at radius 1 is 1.33 bits per heavy atom. The number of hydrogen-bond acceptors (Lipinski definition) is 0. The molecule has 12 heavy (non-hydrogen) atoms. The highest BCUT2D eigenvalue weighted by Gasteiger charge is 2.00. The minimum Gasteiger partial charge on any atom is -0.364 e. The molecular formula is C9H5ClN2. The van der Waals surface area contributed by atoms with Crippen LogP contribution in [-0.2, 0) is 0 Å². The Hall–Kier alpha value is -1.46.